The number of para-hydroxylation sites is 3. The summed E-state index contributed by atoms with van der Waals surface area (Å²) in [6.45, 7) is 6.03. The van der Waals surface area contributed by atoms with Crippen LogP contribution in [0.2, 0.25) is 0 Å². The molecule has 0 aliphatic carbocycles. The van der Waals surface area contributed by atoms with Crippen LogP contribution in [0.25, 0.3) is 11.0 Å². The molecule has 0 radical (unpaired) electrons. The number of phenolic OH excluding ortho intramolecular Hbond substituents is 6. The van der Waals surface area contributed by atoms with Gasteiger partial charge in [0.2, 0.25) is 23.6 Å². The fraction of sp³-hybridized carbons (Fsp3) is 0.493. The molecule has 8 rings (SSSR count). The molecule has 0 bridgehead atoms. The van der Waals surface area contributed by atoms with Crippen LogP contribution in [-0.2, 0) is 46.2 Å². The Morgan fingerprint density at radius 2 is 0.733 bits per heavy atom. The lowest BCUT2D eigenvalue weighted by Crippen LogP contribution is -2.52. The quantitative estimate of drug-likeness (QED) is 0.0135. The average Bonchev–Trinajstić information content (AvgIpc) is 0.746. The second kappa shape index (κ2) is 39.8. The standard InChI is InChI=1S/C69H93N13O19/c83-53-13-1-9-49(61(53)90)65(93)75-21-18-71-57(87)43-79-28-26-78(42-56(86)70-16-6-34-98-36-38-100-39-37-99-35-7-17-74-68(96)52-41-47-40-46-8-4-24-82-25-5-12-48(60(46)82)64(47)101-69(52)97)27-29-80(44-58(88)72-19-22-76-66(94)50-10-2-14-54(84)62(50)91)31-33-81(32-30-79)45-59(89)73-20-23-77-67(95)51-11-3-15-55(85)63(51)92/h1-3,9-11,13-15,40-41,83-85,90-92H,4-8,12,16-39,42-45H2,(H,70,86)(H,71,87)(H,72,88)(H,73,89)(H,74,96)(H,75,93)(H,76,94)(H,77,95). The summed E-state index contributed by atoms with van der Waals surface area (Å²) < 4.78 is 22.8. The Labute approximate surface area is 583 Å². The van der Waals surface area contributed by atoms with E-state index in [4.69, 9.17) is 18.6 Å². The first-order valence-electron chi connectivity index (χ1n) is 34.1. The van der Waals surface area contributed by atoms with Gasteiger partial charge >= 0.3 is 5.63 Å². The maximum absolute atomic E-state index is 13.6. The summed E-state index contributed by atoms with van der Waals surface area (Å²) in [5.41, 5.74) is 2.92. The molecule has 32 nitrogen and oxygen atoms in total. The monoisotopic (exact) mass is 1410 g/mol. The number of carbonyl (C=O) groups excluding carboxylic acids is 8. The predicted molar refractivity (Wildman–Crippen MR) is 369 cm³/mol. The molecule has 0 atom stereocenters. The van der Waals surface area contributed by atoms with Crippen molar-refractivity contribution in [3.8, 4) is 34.5 Å². The number of ether oxygens (including phenoxy) is 3. The zero-order valence-corrected chi connectivity index (χ0v) is 56.6. The SMILES string of the molecule is O=C(CN1CCN(CC(=O)NCCNC(=O)c2cccc(O)c2O)CCN(CC(=O)NCCNC(=O)c2cccc(O)c2O)CCN(CC(=O)NCCNC(=O)c2cccc(O)c2O)CC1)NCCCOCCOCCOCCCNC(=O)c1cc2cc3c4c(c2oc1=O)CCCN4CCC3. The molecule has 4 heterocycles. The van der Waals surface area contributed by atoms with Crippen LogP contribution in [0.3, 0.4) is 0 Å². The van der Waals surface area contributed by atoms with E-state index in [2.05, 4.69) is 53.5 Å². The molecule has 548 valence electrons. The number of aryl methyl sites for hydroxylation is 2. The smallest absolute Gasteiger partial charge is 0.349 e. The van der Waals surface area contributed by atoms with Crippen molar-refractivity contribution in [2.24, 2.45) is 0 Å². The summed E-state index contributed by atoms with van der Waals surface area (Å²) in [6.07, 6.45) is 4.85. The van der Waals surface area contributed by atoms with E-state index in [1.54, 1.807) is 6.07 Å². The number of amides is 8. The molecule has 0 spiro atoms. The third-order valence-electron chi connectivity index (χ3n) is 17.1. The molecule has 1 aromatic heterocycles. The fourth-order valence-corrected chi connectivity index (χ4v) is 11.8. The number of rotatable bonds is 35. The molecule has 32 heteroatoms. The molecule has 8 amide bonds. The van der Waals surface area contributed by atoms with Gasteiger partial charge in [0, 0.05) is 148 Å². The zero-order chi connectivity index (χ0) is 72.0. The molecule has 101 heavy (non-hydrogen) atoms. The van der Waals surface area contributed by atoms with E-state index >= 15 is 0 Å². The summed E-state index contributed by atoms with van der Waals surface area (Å²) in [5, 5.41) is 82.6. The van der Waals surface area contributed by atoms with E-state index in [9.17, 15) is 73.8 Å². The number of aromatic hydroxyl groups is 6. The van der Waals surface area contributed by atoms with Gasteiger partial charge in [-0.3, -0.25) is 58.0 Å². The molecule has 0 unspecified atom stereocenters. The van der Waals surface area contributed by atoms with Crippen LogP contribution in [0.4, 0.5) is 5.69 Å². The van der Waals surface area contributed by atoms with Crippen molar-refractivity contribution in [3.63, 3.8) is 0 Å². The van der Waals surface area contributed by atoms with Gasteiger partial charge in [0.15, 0.2) is 34.5 Å². The van der Waals surface area contributed by atoms with E-state index in [0.717, 1.165) is 49.7 Å². The van der Waals surface area contributed by atoms with Gasteiger partial charge in [-0.05, 0) is 92.6 Å². The average molecular weight is 1410 g/mol. The number of hydrogen-bond acceptors (Lipinski definition) is 24. The van der Waals surface area contributed by atoms with Crippen LogP contribution in [0.1, 0.15) is 78.2 Å². The Balaban J connectivity index is 0.784. The molecule has 1 saturated heterocycles. The van der Waals surface area contributed by atoms with E-state index < -0.39 is 81.5 Å². The minimum absolute atomic E-state index is 0.00106. The topological polar surface area (TPSA) is 428 Å². The lowest BCUT2D eigenvalue weighted by Gasteiger charge is -2.37. The normalized spacial score (nSPS) is 14.7. The van der Waals surface area contributed by atoms with Crippen LogP contribution in [0, 0.1) is 0 Å². The van der Waals surface area contributed by atoms with Crippen LogP contribution in [0.5, 0.6) is 34.5 Å². The molecule has 5 aromatic rings. The lowest BCUT2D eigenvalue weighted by molar-refractivity contribution is -0.125. The highest BCUT2D eigenvalue weighted by molar-refractivity contribution is 6.00. The van der Waals surface area contributed by atoms with Crippen molar-refractivity contribution in [2.75, 3.05) is 189 Å². The van der Waals surface area contributed by atoms with Crippen molar-refractivity contribution in [3.05, 3.63) is 111 Å². The number of anilines is 1. The third-order valence-corrected chi connectivity index (χ3v) is 17.1. The minimum Gasteiger partial charge on any atom is -0.504 e. The second-order valence-corrected chi connectivity index (χ2v) is 24.5. The van der Waals surface area contributed by atoms with Gasteiger partial charge in [0.25, 0.3) is 23.6 Å². The number of benzene rings is 4. The molecule has 4 aromatic carbocycles. The highest BCUT2D eigenvalue weighted by Crippen LogP contribution is 2.40. The summed E-state index contributed by atoms with van der Waals surface area (Å²) in [7, 11) is 0. The summed E-state index contributed by atoms with van der Waals surface area (Å²) in [5.74, 6) is -7.19. The Bertz CT molecular complexity index is 3620. The number of nitrogens with one attached hydrogen (secondary N) is 8. The van der Waals surface area contributed by atoms with E-state index in [1.165, 1.54) is 65.8 Å². The first kappa shape index (κ1) is 76.9. The Morgan fingerprint density at radius 3 is 1.14 bits per heavy atom. The number of carbonyl (C=O) groups is 8. The van der Waals surface area contributed by atoms with Gasteiger partial charge in [0.05, 0.1) is 69.3 Å². The number of hydrogen-bond donors (Lipinski definition) is 14. The fourth-order valence-electron chi connectivity index (χ4n) is 11.8. The first-order chi connectivity index (χ1) is 48.8. The Hall–Kier alpha value is -9.83. The molecule has 1 fully saturated rings. The predicted octanol–water partition coefficient (Wildman–Crippen LogP) is -0.738. The highest BCUT2D eigenvalue weighted by Gasteiger charge is 2.29. The van der Waals surface area contributed by atoms with Crippen LogP contribution in [0.15, 0.2) is 75.9 Å². The first-order valence-corrected chi connectivity index (χ1v) is 34.1. The summed E-state index contributed by atoms with van der Waals surface area (Å²) in [6, 6.07) is 15.6. The number of phenols is 6. The van der Waals surface area contributed by atoms with Gasteiger partial charge in [-0.2, -0.15) is 0 Å². The number of nitrogens with zero attached hydrogens (tertiary/aromatic N) is 5. The zero-order valence-electron chi connectivity index (χ0n) is 56.6. The number of fused-ring (bicyclic) bond motifs is 2. The molecule has 3 aliphatic rings. The Kier molecular flexibility index (Phi) is 30.3. The van der Waals surface area contributed by atoms with Crippen molar-refractivity contribution < 1.29 is 87.6 Å². The molecule has 14 N–H and O–H groups in total. The van der Waals surface area contributed by atoms with Gasteiger partial charge < -0.3 is 96.7 Å². The molecule has 3 aliphatic heterocycles. The van der Waals surface area contributed by atoms with Crippen molar-refractivity contribution >= 4 is 63.9 Å². The molecular weight excluding hydrogens is 1310 g/mol. The molecule has 0 saturated carbocycles. The molecular formula is C69H93N13O19. The van der Waals surface area contributed by atoms with Gasteiger partial charge in [-0.15, -0.1) is 0 Å². The van der Waals surface area contributed by atoms with Crippen molar-refractivity contribution in [1.82, 2.24) is 62.1 Å². The Morgan fingerprint density at radius 1 is 0.396 bits per heavy atom. The van der Waals surface area contributed by atoms with Crippen LogP contribution in [-0.4, -0.2) is 281 Å². The van der Waals surface area contributed by atoms with Crippen molar-refractivity contribution in [2.45, 2.75) is 38.5 Å². The largest absolute Gasteiger partial charge is 0.504 e. The summed E-state index contributed by atoms with van der Waals surface area (Å²) >= 11 is 0. The van der Waals surface area contributed by atoms with Gasteiger partial charge in [-0.25, -0.2) is 4.79 Å². The van der Waals surface area contributed by atoms with E-state index in [0.29, 0.717) is 71.2 Å². The maximum Gasteiger partial charge on any atom is 0.349 e. The lowest BCUT2D eigenvalue weighted by atomic mass is 9.90. The maximum atomic E-state index is 13.6. The van der Waals surface area contributed by atoms with E-state index in [-0.39, 0.29) is 146 Å². The van der Waals surface area contributed by atoms with Gasteiger partial charge in [-0.1, -0.05) is 18.2 Å². The van der Waals surface area contributed by atoms with Crippen molar-refractivity contribution in [1.29, 1.82) is 0 Å². The van der Waals surface area contributed by atoms with E-state index in [1.807, 2.05) is 19.6 Å². The van der Waals surface area contributed by atoms with Gasteiger partial charge in [0.1, 0.15) is 11.1 Å². The van der Waals surface area contributed by atoms with Crippen LogP contribution < -0.4 is 53.1 Å². The minimum atomic E-state index is -0.675. The summed E-state index contributed by atoms with van der Waals surface area (Å²) in [4.78, 5) is 128. The third kappa shape index (κ3) is 23.9. The second-order valence-electron chi connectivity index (χ2n) is 24.5. The van der Waals surface area contributed by atoms with Crippen LogP contribution >= 0.6 is 0 Å². The highest BCUT2D eigenvalue weighted by atomic mass is 16.5.